The molecular weight excluding hydrogens is 269 g/mol. The fourth-order valence-corrected chi connectivity index (χ4v) is 2.43. The third-order valence-corrected chi connectivity index (χ3v) is 3.56. The molecule has 2 aromatic rings. The SMILES string of the molecule is O=C(NCCc1ccsc1)c1ccc(F)c(S)c1. The number of rotatable bonds is 4. The predicted molar refractivity (Wildman–Crippen MR) is 74.0 cm³/mol. The molecule has 1 aromatic heterocycles. The number of carbonyl (C=O) groups excluding carboxylic acids is 1. The van der Waals surface area contributed by atoms with Crippen molar-refractivity contribution in [3.05, 3.63) is 52.0 Å². The topological polar surface area (TPSA) is 29.1 Å². The van der Waals surface area contributed by atoms with Crippen LogP contribution >= 0.6 is 24.0 Å². The van der Waals surface area contributed by atoms with E-state index in [1.54, 1.807) is 11.3 Å². The van der Waals surface area contributed by atoms with E-state index in [1.807, 2.05) is 11.4 Å². The number of hydrogen-bond donors (Lipinski definition) is 2. The predicted octanol–water partition coefficient (Wildman–Crippen LogP) is 3.15. The second-order valence-corrected chi connectivity index (χ2v) is 5.07. The smallest absolute Gasteiger partial charge is 0.251 e. The lowest BCUT2D eigenvalue weighted by Gasteiger charge is -2.05. The molecule has 18 heavy (non-hydrogen) atoms. The molecule has 2 nitrogen and oxygen atoms in total. The van der Waals surface area contributed by atoms with Crippen LogP contribution in [0.15, 0.2) is 39.9 Å². The quantitative estimate of drug-likeness (QED) is 0.828. The lowest BCUT2D eigenvalue weighted by atomic mass is 10.2. The van der Waals surface area contributed by atoms with Crippen LogP contribution in [0.3, 0.4) is 0 Å². The van der Waals surface area contributed by atoms with Gasteiger partial charge in [0.1, 0.15) is 5.82 Å². The number of thiophene rings is 1. The Morgan fingerprint density at radius 2 is 2.22 bits per heavy atom. The summed E-state index contributed by atoms with van der Waals surface area (Å²) in [5, 5.41) is 6.85. The van der Waals surface area contributed by atoms with Gasteiger partial charge >= 0.3 is 0 Å². The zero-order valence-corrected chi connectivity index (χ0v) is 11.2. The standard InChI is InChI=1S/C13H12FNOS2/c14-11-2-1-10(7-12(11)17)13(16)15-5-3-9-4-6-18-8-9/h1-2,4,6-8,17H,3,5H2,(H,15,16). The molecule has 0 atom stereocenters. The zero-order valence-electron chi connectivity index (χ0n) is 9.52. The minimum Gasteiger partial charge on any atom is -0.352 e. The molecule has 0 aliphatic heterocycles. The van der Waals surface area contributed by atoms with Crippen molar-refractivity contribution in [3.63, 3.8) is 0 Å². The van der Waals surface area contributed by atoms with Crippen molar-refractivity contribution < 1.29 is 9.18 Å². The highest BCUT2D eigenvalue weighted by molar-refractivity contribution is 7.80. The second kappa shape index (κ2) is 6.02. The first-order chi connectivity index (χ1) is 8.66. The van der Waals surface area contributed by atoms with Gasteiger partial charge in [-0.15, -0.1) is 12.6 Å². The molecule has 0 saturated carbocycles. The summed E-state index contributed by atoms with van der Waals surface area (Å²) in [5.74, 6) is -0.631. The molecule has 0 aliphatic carbocycles. The van der Waals surface area contributed by atoms with E-state index >= 15 is 0 Å². The van der Waals surface area contributed by atoms with Crippen LogP contribution in [-0.4, -0.2) is 12.5 Å². The molecule has 1 aromatic carbocycles. The molecular formula is C13H12FNOS2. The van der Waals surface area contributed by atoms with E-state index in [-0.39, 0.29) is 10.8 Å². The second-order valence-electron chi connectivity index (χ2n) is 3.80. The Morgan fingerprint density at radius 1 is 1.39 bits per heavy atom. The number of hydrogen-bond acceptors (Lipinski definition) is 3. The van der Waals surface area contributed by atoms with E-state index < -0.39 is 5.82 Å². The Kier molecular flexibility index (Phi) is 4.38. The lowest BCUT2D eigenvalue weighted by Crippen LogP contribution is -2.25. The number of nitrogens with one attached hydrogen (secondary N) is 1. The highest BCUT2D eigenvalue weighted by Crippen LogP contribution is 2.14. The molecule has 94 valence electrons. The minimum atomic E-state index is -0.423. The highest BCUT2D eigenvalue weighted by Gasteiger charge is 2.07. The molecule has 2 rings (SSSR count). The van der Waals surface area contributed by atoms with Crippen molar-refractivity contribution in [2.24, 2.45) is 0 Å². The van der Waals surface area contributed by atoms with E-state index in [0.29, 0.717) is 12.1 Å². The molecule has 0 unspecified atom stereocenters. The van der Waals surface area contributed by atoms with Crippen LogP contribution < -0.4 is 5.32 Å². The van der Waals surface area contributed by atoms with Crippen molar-refractivity contribution in [3.8, 4) is 0 Å². The van der Waals surface area contributed by atoms with E-state index in [1.165, 1.54) is 23.8 Å². The molecule has 1 heterocycles. The Balaban J connectivity index is 1.89. The van der Waals surface area contributed by atoms with Crippen molar-refractivity contribution in [2.75, 3.05) is 6.54 Å². The largest absolute Gasteiger partial charge is 0.352 e. The van der Waals surface area contributed by atoms with Gasteiger partial charge in [0.15, 0.2) is 0 Å². The van der Waals surface area contributed by atoms with Crippen LogP contribution in [0.25, 0.3) is 0 Å². The molecule has 1 amide bonds. The van der Waals surface area contributed by atoms with Crippen molar-refractivity contribution in [1.82, 2.24) is 5.32 Å². The van der Waals surface area contributed by atoms with Gasteiger partial charge in [0.05, 0.1) is 0 Å². The van der Waals surface area contributed by atoms with Crippen molar-refractivity contribution >= 4 is 29.9 Å². The summed E-state index contributed by atoms with van der Waals surface area (Å²) in [4.78, 5) is 12.0. The average Bonchev–Trinajstić information content (AvgIpc) is 2.85. The van der Waals surface area contributed by atoms with Crippen molar-refractivity contribution in [2.45, 2.75) is 11.3 Å². The molecule has 0 bridgehead atoms. The maximum absolute atomic E-state index is 13.0. The van der Waals surface area contributed by atoms with Crippen LogP contribution in [-0.2, 0) is 6.42 Å². The van der Waals surface area contributed by atoms with Gasteiger partial charge in [0, 0.05) is 17.0 Å². The van der Waals surface area contributed by atoms with Gasteiger partial charge in [0.25, 0.3) is 5.91 Å². The van der Waals surface area contributed by atoms with E-state index in [4.69, 9.17) is 0 Å². The van der Waals surface area contributed by atoms with Gasteiger partial charge in [-0.1, -0.05) is 0 Å². The molecule has 0 saturated heterocycles. The summed E-state index contributed by atoms with van der Waals surface area (Å²) in [6.07, 6.45) is 0.796. The third-order valence-electron chi connectivity index (χ3n) is 2.49. The Labute approximate surface area is 114 Å². The first-order valence-electron chi connectivity index (χ1n) is 5.44. The summed E-state index contributed by atoms with van der Waals surface area (Å²) in [6.45, 7) is 0.564. The molecule has 0 spiro atoms. The normalized spacial score (nSPS) is 10.3. The van der Waals surface area contributed by atoms with Gasteiger partial charge < -0.3 is 5.32 Å². The maximum atomic E-state index is 13.0. The van der Waals surface area contributed by atoms with Crippen molar-refractivity contribution in [1.29, 1.82) is 0 Å². The van der Waals surface area contributed by atoms with Gasteiger partial charge in [0.2, 0.25) is 0 Å². The van der Waals surface area contributed by atoms with E-state index in [9.17, 15) is 9.18 Å². The number of benzene rings is 1. The van der Waals surface area contributed by atoms with Gasteiger partial charge in [-0.05, 0) is 47.0 Å². The van der Waals surface area contributed by atoms with Crippen LogP contribution in [0, 0.1) is 5.82 Å². The molecule has 5 heteroatoms. The number of amides is 1. The van der Waals surface area contributed by atoms with Gasteiger partial charge in [-0.3, -0.25) is 4.79 Å². The zero-order chi connectivity index (χ0) is 13.0. The number of thiol groups is 1. The monoisotopic (exact) mass is 281 g/mol. The summed E-state index contributed by atoms with van der Waals surface area (Å²) in [5.41, 5.74) is 1.63. The molecule has 1 N–H and O–H groups in total. The maximum Gasteiger partial charge on any atom is 0.251 e. The van der Waals surface area contributed by atoms with Gasteiger partial charge in [-0.25, -0.2) is 4.39 Å². The molecule has 0 radical (unpaired) electrons. The average molecular weight is 281 g/mol. The van der Waals surface area contributed by atoms with Crippen LogP contribution in [0.4, 0.5) is 4.39 Å². The van der Waals surface area contributed by atoms with Gasteiger partial charge in [-0.2, -0.15) is 11.3 Å². The summed E-state index contributed by atoms with van der Waals surface area (Å²) < 4.78 is 13.0. The fraction of sp³-hybridized carbons (Fsp3) is 0.154. The van der Waals surface area contributed by atoms with Crippen LogP contribution in [0.5, 0.6) is 0 Å². The number of carbonyl (C=O) groups is 1. The van der Waals surface area contributed by atoms with Crippen LogP contribution in [0.2, 0.25) is 0 Å². The Bertz CT molecular complexity index is 540. The first kappa shape index (κ1) is 13.1. The molecule has 0 fully saturated rings. The lowest BCUT2D eigenvalue weighted by molar-refractivity contribution is 0.0954. The summed E-state index contributed by atoms with van der Waals surface area (Å²) in [6, 6.07) is 6.16. The Hall–Kier alpha value is -1.33. The Morgan fingerprint density at radius 3 is 2.89 bits per heavy atom. The minimum absolute atomic E-state index is 0.181. The van der Waals surface area contributed by atoms with Crippen LogP contribution in [0.1, 0.15) is 15.9 Å². The summed E-state index contributed by atoms with van der Waals surface area (Å²) in [7, 11) is 0. The summed E-state index contributed by atoms with van der Waals surface area (Å²) >= 11 is 5.58. The third kappa shape index (κ3) is 3.34. The number of halogens is 1. The molecule has 0 aliphatic rings. The first-order valence-corrected chi connectivity index (χ1v) is 6.83. The van der Waals surface area contributed by atoms with E-state index in [2.05, 4.69) is 23.3 Å². The highest BCUT2D eigenvalue weighted by atomic mass is 32.1. The fourth-order valence-electron chi connectivity index (χ4n) is 1.51. The van der Waals surface area contributed by atoms with E-state index in [0.717, 1.165) is 6.42 Å².